The fourth-order valence-electron chi connectivity index (χ4n) is 4.98. The van der Waals surface area contributed by atoms with Gasteiger partial charge in [0.25, 0.3) is 0 Å². The van der Waals surface area contributed by atoms with E-state index in [1.165, 1.54) is 12.8 Å². The van der Waals surface area contributed by atoms with Crippen molar-refractivity contribution in [2.24, 2.45) is 17.1 Å². The zero-order chi connectivity index (χ0) is 22.9. The van der Waals surface area contributed by atoms with Crippen molar-refractivity contribution in [3.05, 3.63) is 66.2 Å². The summed E-state index contributed by atoms with van der Waals surface area (Å²) in [5.41, 5.74) is 9.12. The summed E-state index contributed by atoms with van der Waals surface area (Å²) in [5, 5.41) is 12.0. The van der Waals surface area contributed by atoms with Crippen LogP contribution in [-0.4, -0.2) is 17.8 Å². The Kier molecular flexibility index (Phi) is 6.33. The predicted octanol–water partition coefficient (Wildman–Crippen LogP) is 6.66. The standard InChI is InChI=1S/C29H37NO2/c1-28(2,3)22-11-14-24(15-12-22)32-26-17-10-21-18-23(29(4,30)19-31)13-16-25(21)27(26)20-8-6-5-7-9-20/h5-10,13,16-18,22,24,31H,11-12,14-15,19,30H2,1-4H3/t22-,24-,29-/m0/s1. The summed E-state index contributed by atoms with van der Waals surface area (Å²) in [6, 6.07) is 21.0. The van der Waals surface area contributed by atoms with Gasteiger partial charge in [-0.3, -0.25) is 0 Å². The second-order valence-corrected chi connectivity index (χ2v) is 10.8. The highest BCUT2D eigenvalue weighted by Crippen LogP contribution is 2.42. The fraction of sp³-hybridized carbons (Fsp3) is 0.448. The first-order valence-corrected chi connectivity index (χ1v) is 11.9. The van der Waals surface area contributed by atoms with Crippen LogP contribution in [-0.2, 0) is 5.54 Å². The van der Waals surface area contributed by atoms with Crippen molar-refractivity contribution >= 4 is 10.8 Å². The Morgan fingerprint density at radius 3 is 2.22 bits per heavy atom. The molecule has 0 unspecified atom stereocenters. The number of rotatable bonds is 5. The number of hydrogen-bond donors (Lipinski definition) is 2. The molecule has 3 aromatic carbocycles. The molecule has 170 valence electrons. The maximum atomic E-state index is 9.70. The quantitative estimate of drug-likeness (QED) is 0.475. The number of benzene rings is 3. The number of fused-ring (bicyclic) bond motifs is 1. The molecule has 3 heteroatoms. The largest absolute Gasteiger partial charge is 0.490 e. The number of aliphatic hydroxyl groups is 1. The van der Waals surface area contributed by atoms with Crippen LogP contribution < -0.4 is 10.5 Å². The Balaban J connectivity index is 1.70. The van der Waals surface area contributed by atoms with E-state index in [1.807, 2.05) is 19.1 Å². The van der Waals surface area contributed by atoms with E-state index in [9.17, 15) is 5.11 Å². The van der Waals surface area contributed by atoms with Crippen LogP contribution in [0, 0.1) is 11.3 Å². The zero-order valence-corrected chi connectivity index (χ0v) is 19.9. The molecular formula is C29H37NO2. The van der Waals surface area contributed by atoms with Crippen LogP contribution in [0.2, 0.25) is 0 Å². The van der Waals surface area contributed by atoms with Gasteiger partial charge in [0, 0.05) is 5.56 Å². The summed E-state index contributed by atoms with van der Waals surface area (Å²) >= 11 is 0. The molecule has 0 spiro atoms. The third-order valence-electron chi connectivity index (χ3n) is 7.22. The Hall–Kier alpha value is -2.36. The third kappa shape index (κ3) is 4.69. The molecule has 0 amide bonds. The third-order valence-corrected chi connectivity index (χ3v) is 7.22. The molecule has 1 aliphatic carbocycles. The molecule has 0 aromatic heterocycles. The Morgan fingerprint density at radius 1 is 0.906 bits per heavy atom. The molecular weight excluding hydrogens is 394 g/mol. The van der Waals surface area contributed by atoms with Gasteiger partial charge in [0.1, 0.15) is 5.75 Å². The van der Waals surface area contributed by atoms with Crippen molar-refractivity contribution in [1.29, 1.82) is 0 Å². The smallest absolute Gasteiger partial charge is 0.128 e. The van der Waals surface area contributed by atoms with Gasteiger partial charge in [0.2, 0.25) is 0 Å². The van der Waals surface area contributed by atoms with Crippen LogP contribution >= 0.6 is 0 Å². The molecule has 1 fully saturated rings. The Labute approximate surface area is 192 Å². The van der Waals surface area contributed by atoms with E-state index >= 15 is 0 Å². The van der Waals surface area contributed by atoms with Gasteiger partial charge in [-0.15, -0.1) is 0 Å². The van der Waals surface area contributed by atoms with Crippen molar-refractivity contribution < 1.29 is 9.84 Å². The predicted molar refractivity (Wildman–Crippen MR) is 134 cm³/mol. The summed E-state index contributed by atoms with van der Waals surface area (Å²) < 4.78 is 6.66. The van der Waals surface area contributed by atoms with Crippen molar-refractivity contribution in [2.45, 2.75) is 65.0 Å². The first-order chi connectivity index (χ1) is 15.2. The van der Waals surface area contributed by atoms with Crippen molar-refractivity contribution in [2.75, 3.05) is 6.61 Å². The maximum absolute atomic E-state index is 9.70. The molecule has 0 aliphatic heterocycles. The second-order valence-electron chi connectivity index (χ2n) is 10.8. The zero-order valence-electron chi connectivity index (χ0n) is 19.9. The summed E-state index contributed by atoms with van der Waals surface area (Å²) in [5.74, 6) is 1.72. The molecule has 0 radical (unpaired) electrons. The Morgan fingerprint density at radius 2 is 1.59 bits per heavy atom. The minimum atomic E-state index is -0.762. The van der Waals surface area contributed by atoms with E-state index in [0.717, 1.165) is 52.0 Å². The normalized spacial score (nSPS) is 21.3. The minimum absolute atomic E-state index is 0.0948. The van der Waals surface area contributed by atoms with Gasteiger partial charge >= 0.3 is 0 Å². The van der Waals surface area contributed by atoms with Gasteiger partial charge in [-0.25, -0.2) is 0 Å². The van der Waals surface area contributed by atoms with Crippen LogP contribution in [0.3, 0.4) is 0 Å². The molecule has 0 bridgehead atoms. The fourth-order valence-corrected chi connectivity index (χ4v) is 4.98. The van der Waals surface area contributed by atoms with Gasteiger partial charge in [-0.2, -0.15) is 0 Å². The van der Waals surface area contributed by atoms with Crippen LogP contribution in [0.1, 0.15) is 58.9 Å². The summed E-state index contributed by atoms with van der Waals surface area (Å²) in [7, 11) is 0. The lowest BCUT2D eigenvalue weighted by Gasteiger charge is -2.37. The van der Waals surface area contributed by atoms with Gasteiger partial charge in [0.15, 0.2) is 0 Å². The van der Waals surface area contributed by atoms with Crippen LogP contribution in [0.15, 0.2) is 60.7 Å². The average Bonchev–Trinajstić information content (AvgIpc) is 2.79. The molecule has 3 N–H and O–H groups in total. The van der Waals surface area contributed by atoms with E-state index < -0.39 is 5.54 Å². The van der Waals surface area contributed by atoms with Crippen LogP contribution in [0.4, 0.5) is 0 Å². The highest BCUT2D eigenvalue weighted by atomic mass is 16.5. The second kappa shape index (κ2) is 8.88. The Bertz CT molecular complexity index is 1060. The van der Waals surface area contributed by atoms with Gasteiger partial charge in [-0.05, 0) is 78.0 Å². The van der Waals surface area contributed by atoms with Gasteiger partial charge < -0.3 is 15.6 Å². The van der Waals surface area contributed by atoms with E-state index in [0.29, 0.717) is 5.41 Å². The van der Waals surface area contributed by atoms with Crippen LogP contribution in [0.5, 0.6) is 5.75 Å². The maximum Gasteiger partial charge on any atom is 0.128 e. The number of aliphatic hydroxyl groups excluding tert-OH is 1. The molecule has 1 aliphatic rings. The first kappa shape index (κ1) is 22.8. The highest BCUT2D eigenvalue weighted by molar-refractivity contribution is 6.00. The molecule has 0 saturated heterocycles. The van der Waals surface area contributed by atoms with Crippen molar-refractivity contribution in [1.82, 2.24) is 0 Å². The summed E-state index contributed by atoms with van der Waals surface area (Å²) in [6.07, 6.45) is 4.92. The monoisotopic (exact) mass is 431 g/mol. The molecule has 32 heavy (non-hydrogen) atoms. The lowest BCUT2D eigenvalue weighted by Crippen LogP contribution is -2.36. The summed E-state index contributed by atoms with van der Waals surface area (Å²) in [4.78, 5) is 0. The van der Waals surface area contributed by atoms with Gasteiger partial charge in [-0.1, -0.05) is 69.3 Å². The molecule has 4 rings (SSSR count). The number of nitrogens with two attached hydrogens (primary N) is 1. The molecule has 1 saturated carbocycles. The van der Waals surface area contributed by atoms with Crippen molar-refractivity contribution in [3.8, 4) is 16.9 Å². The lowest BCUT2D eigenvalue weighted by molar-refractivity contribution is 0.0887. The summed E-state index contributed by atoms with van der Waals surface area (Å²) in [6.45, 7) is 8.83. The lowest BCUT2D eigenvalue weighted by atomic mass is 9.72. The van der Waals surface area contributed by atoms with Crippen LogP contribution in [0.25, 0.3) is 21.9 Å². The van der Waals surface area contributed by atoms with E-state index in [1.54, 1.807) is 0 Å². The minimum Gasteiger partial charge on any atom is -0.490 e. The van der Waals surface area contributed by atoms with E-state index in [2.05, 4.69) is 69.3 Å². The average molecular weight is 432 g/mol. The van der Waals surface area contributed by atoms with Gasteiger partial charge in [0.05, 0.1) is 18.2 Å². The molecule has 1 atom stereocenters. The molecule has 3 nitrogen and oxygen atoms in total. The molecule has 3 aromatic rings. The number of hydrogen-bond acceptors (Lipinski definition) is 3. The first-order valence-electron chi connectivity index (χ1n) is 11.9. The molecule has 0 heterocycles. The topological polar surface area (TPSA) is 55.5 Å². The van der Waals surface area contributed by atoms with E-state index in [-0.39, 0.29) is 12.7 Å². The highest BCUT2D eigenvalue weighted by Gasteiger charge is 2.31. The van der Waals surface area contributed by atoms with Crippen molar-refractivity contribution in [3.63, 3.8) is 0 Å². The SMILES string of the molecule is CC(C)(C)[C@H]1CC[C@H](Oc2ccc3cc([C@@](C)(N)CO)ccc3c2-c2ccccc2)CC1. The van der Waals surface area contributed by atoms with E-state index in [4.69, 9.17) is 10.5 Å². The number of ether oxygens (including phenoxy) is 1.